The van der Waals surface area contributed by atoms with E-state index in [0.717, 1.165) is 60.8 Å². The summed E-state index contributed by atoms with van der Waals surface area (Å²) in [6.07, 6.45) is 6.07. The number of carbonyl (C=O) groups is 5. The summed E-state index contributed by atoms with van der Waals surface area (Å²) in [5, 5.41) is 9.47. The number of nitrogens with zero attached hydrogens (tertiary/aromatic N) is 1. The zero-order valence-electron chi connectivity index (χ0n) is 36.5. The van der Waals surface area contributed by atoms with Crippen LogP contribution in [-0.2, 0) is 48.0 Å². The van der Waals surface area contributed by atoms with Crippen molar-refractivity contribution in [3.63, 3.8) is 0 Å². The van der Waals surface area contributed by atoms with Crippen molar-refractivity contribution in [1.82, 2.24) is 20.9 Å². The Balaban J connectivity index is 1.20. The standard InChI is InChI=1S/C48H64N6O6S/c1-47(2,3)42(50)46(59)54-27-33(26-39(54)44(57)52-37-20-12-16-32-14-8-10-18-35(32)37)30-23-21-29(22-24-30)25-38(53-45(58)41(49)48(4,5)61-28-40(55)60-6)43(56)51-36-19-11-15-31-13-7-9-17-34(31)36/h7-10,13-14,17-18,21-24,33,36-39,41-42H,11-12,15-16,19-20,25-28,49-50H2,1-6H3,(H,51,56)(H,52,57)(H,53,58)/t33-,36+,37+,38-,39-,41+,42+/m0/s1. The van der Waals surface area contributed by atoms with Crippen LogP contribution < -0.4 is 27.4 Å². The molecule has 1 aliphatic heterocycles. The monoisotopic (exact) mass is 852 g/mol. The Morgan fingerprint density at radius 1 is 0.787 bits per heavy atom. The molecule has 3 aliphatic rings. The molecule has 3 aromatic carbocycles. The first-order valence-corrected chi connectivity index (χ1v) is 22.6. The summed E-state index contributed by atoms with van der Waals surface area (Å²) in [4.78, 5) is 69.7. The van der Waals surface area contributed by atoms with Gasteiger partial charge in [0.15, 0.2) is 0 Å². The lowest BCUT2D eigenvalue weighted by molar-refractivity contribution is -0.141. The summed E-state index contributed by atoms with van der Waals surface area (Å²) in [6, 6.07) is 20.4. The van der Waals surface area contributed by atoms with Gasteiger partial charge in [0.05, 0.1) is 37.0 Å². The lowest BCUT2D eigenvalue weighted by Crippen LogP contribution is -2.57. The second-order valence-corrected chi connectivity index (χ2v) is 20.2. The number of methoxy groups -OCH3 is 1. The van der Waals surface area contributed by atoms with Crippen molar-refractivity contribution in [3.05, 3.63) is 106 Å². The van der Waals surface area contributed by atoms with E-state index in [0.29, 0.717) is 13.0 Å². The molecule has 0 aromatic heterocycles. The number of fused-ring (bicyclic) bond motifs is 2. The molecule has 13 heteroatoms. The molecule has 0 bridgehead atoms. The van der Waals surface area contributed by atoms with Crippen LogP contribution in [0, 0.1) is 5.41 Å². The Kier molecular flexibility index (Phi) is 14.7. The third-order valence-corrected chi connectivity index (χ3v) is 14.2. The number of nitrogens with one attached hydrogen (secondary N) is 3. The lowest BCUT2D eigenvalue weighted by Gasteiger charge is -2.34. The van der Waals surface area contributed by atoms with E-state index in [4.69, 9.17) is 16.2 Å². The molecule has 3 aromatic rings. The molecule has 61 heavy (non-hydrogen) atoms. The SMILES string of the molecule is COC(=O)CSC(C)(C)[C@H](N)C(=O)N[C@@H](Cc1ccc([C@H]2C[C@@H](C(=O)N[C@@H]3CCCc4ccccc43)N(C(=O)[C@@H](N)C(C)(C)C)C2)cc1)C(=O)N[C@@H]1CCCc2ccccc21. The molecule has 1 fully saturated rings. The largest absolute Gasteiger partial charge is 0.468 e. The van der Waals surface area contributed by atoms with Gasteiger partial charge in [-0.05, 0) is 97.6 Å². The zero-order chi connectivity index (χ0) is 44.1. The Hall–Kier alpha value is -4.72. The van der Waals surface area contributed by atoms with Gasteiger partial charge < -0.3 is 37.1 Å². The first kappa shape index (κ1) is 45.8. The molecule has 0 spiro atoms. The molecule has 7 N–H and O–H groups in total. The van der Waals surface area contributed by atoms with Crippen molar-refractivity contribution in [2.75, 3.05) is 19.4 Å². The summed E-state index contributed by atoms with van der Waals surface area (Å²) in [5.74, 6) is -1.77. The third-order valence-electron chi connectivity index (χ3n) is 12.8. The molecule has 12 nitrogen and oxygen atoms in total. The summed E-state index contributed by atoms with van der Waals surface area (Å²) in [6.45, 7) is 9.70. The lowest BCUT2D eigenvalue weighted by atomic mass is 9.86. The van der Waals surface area contributed by atoms with Crippen molar-refractivity contribution < 1.29 is 28.7 Å². The van der Waals surface area contributed by atoms with Crippen LogP contribution in [0.4, 0.5) is 0 Å². The summed E-state index contributed by atoms with van der Waals surface area (Å²) >= 11 is 1.22. The summed E-state index contributed by atoms with van der Waals surface area (Å²) in [7, 11) is 1.31. The van der Waals surface area contributed by atoms with Gasteiger partial charge in [0.25, 0.3) is 0 Å². The van der Waals surface area contributed by atoms with E-state index < -0.39 is 46.2 Å². The Morgan fingerprint density at radius 2 is 1.36 bits per heavy atom. The highest BCUT2D eigenvalue weighted by Crippen LogP contribution is 2.36. The smallest absolute Gasteiger partial charge is 0.315 e. The Labute approximate surface area is 365 Å². The average molecular weight is 853 g/mol. The number of ether oxygens (including phenoxy) is 1. The number of rotatable bonds is 14. The average Bonchev–Trinajstić information content (AvgIpc) is 3.70. The topological polar surface area (TPSA) is 186 Å². The van der Waals surface area contributed by atoms with Gasteiger partial charge in [-0.15, -0.1) is 11.8 Å². The fraction of sp³-hybridized carbons (Fsp3) is 0.521. The number of carbonyl (C=O) groups excluding carboxylic acids is 5. The van der Waals surface area contributed by atoms with Gasteiger partial charge in [0.1, 0.15) is 12.1 Å². The van der Waals surface area contributed by atoms with Gasteiger partial charge in [-0.3, -0.25) is 24.0 Å². The van der Waals surface area contributed by atoms with Crippen LogP contribution in [-0.4, -0.2) is 82.8 Å². The highest BCUT2D eigenvalue weighted by atomic mass is 32.2. The molecule has 1 heterocycles. The Morgan fingerprint density at radius 3 is 1.93 bits per heavy atom. The number of amides is 4. The Bertz CT molecular complexity index is 2070. The zero-order valence-corrected chi connectivity index (χ0v) is 37.3. The molecule has 1 saturated heterocycles. The van der Waals surface area contributed by atoms with E-state index in [-0.39, 0.29) is 47.9 Å². The maximum Gasteiger partial charge on any atom is 0.315 e. The minimum atomic E-state index is -1.03. The van der Waals surface area contributed by atoms with E-state index in [2.05, 4.69) is 34.1 Å². The van der Waals surface area contributed by atoms with Crippen molar-refractivity contribution in [1.29, 1.82) is 0 Å². The third kappa shape index (κ3) is 11.0. The number of benzene rings is 3. The van der Waals surface area contributed by atoms with Crippen LogP contribution in [0.25, 0.3) is 0 Å². The number of aryl methyl sites for hydroxylation is 2. The maximum absolute atomic E-state index is 14.2. The fourth-order valence-electron chi connectivity index (χ4n) is 8.81. The van der Waals surface area contributed by atoms with Crippen molar-refractivity contribution in [2.45, 2.75) is 133 Å². The van der Waals surface area contributed by atoms with Crippen molar-refractivity contribution in [2.24, 2.45) is 16.9 Å². The van der Waals surface area contributed by atoms with Gasteiger partial charge in [-0.25, -0.2) is 0 Å². The molecule has 0 radical (unpaired) electrons. The summed E-state index contributed by atoms with van der Waals surface area (Å²) in [5.41, 5.74) is 19.0. The van der Waals surface area contributed by atoms with Crippen LogP contribution in [0.3, 0.4) is 0 Å². The van der Waals surface area contributed by atoms with Gasteiger partial charge in [0, 0.05) is 23.6 Å². The molecule has 6 rings (SSSR count). The van der Waals surface area contributed by atoms with Gasteiger partial charge in [-0.2, -0.15) is 0 Å². The number of nitrogens with two attached hydrogens (primary N) is 2. The highest BCUT2D eigenvalue weighted by molar-refractivity contribution is 8.01. The quantitative estimate of drug-likeness (QED) is 0.137. The molecular weight excluding hydrogens is 789 g/mol. The van der Waals surface area contributed by atoms with Crippen LogP contribution in [0.5, 0.6) is 0 Å². The predicted molar refractivity (Wildman–Crippen MR) is 239 cm³/mol. The number of hydrogen-bond acceptors (Lipinski definition) is 9. The highest BCUT2D eigenvalue weighted by Gasteiger charge is 2.44. The second-order valence-electron chi connectivity index (χ2n) is 18.5. The van der Waals surface area contributed by atoms with E-state index in [1.165, 1.54) is 30.0 Å². The minimum Gasteiger partial charge on any atom is -0.468 e. The maximum atomic E-state index is 14.2. The molecule has 328 valence electrons. The van der Waals surface area contributed by atoms with Crippen LogP contribution in [0.1, 0.15) is 118 Å². The molecule has 0 unspecified atom stereocenters. The molecular formula is C48H64N6O6S. The number of thioether (sulfide) groups is 1. The second kappa shape index (κ2) is 19.5. The number of esters is 1. The van der Waals surface area contributed by atoms with Crippen LogP contribution in [0.2, 0.25) is 0 Å². The fourth-order valence-corrected chi connectivity index (χ4v) is 9.70. The van der Waals surface area contributed by atoms with E-state index >= 15 is 0 Å². The number of likely N-dealkylation sites (tertiary alicyclic amines) is 1. The van der Waals surface area contributed by atoms with Gasteiger partial charge in [-0.1, -0.05) is 93.6 Å². The van der Waals surface area contributed by atoms with E-state index in [1.54, 1.807) is 18.7 Å². The van der Waals surface area contributed by atoms with Crippen LogP contribution in [0.15, 0.2) is 72.8 Å². The van der Waals surface area contributed by atoms with Gasteiger partial charge in [0.2, 0.25) is 23.6 Å². The number of hydrogen-bond donors (Lipinski definition) is 5. The minimum absolute atomic E-state index is 0.0264. The van der Waals surface area contributed by atoms with E-state index in [1.807, 2.05) is 75.4 Å². The van der Waals surface area contributed by atoms with Crippen molar-refractivity contribution in [3.8, 4) is 0 Å². The summed E-state index contributed by atoms with van der Waals surface area (Å²) < 4.78 is 3.94. The van der Waals surface area contributed by atoms with E-state index in [9.17, 15) is 24.0 Å². The normalized spacial score (nSPS) is 21.5. The molecule has 2 aliphatic carbocycles. The molecule has 0 saturated carbocycles. The van der Waals surface area contributed by atoms with Crippen LogP contribution >= 0.6 is 11.8 Å². The molecule has 4 amide bonds. The van der Waals surface area contributed by atoms with Crippen molar-refractivity contribution >= 4 is 41.4 Å². The van der Waals surface area contributed by atoms with Gasteiger partial charge >= 0.3 is 5.97 Å². The first-order valence-electron chi connectivity index (χ1n) is 21.6. The first-order chi connectivity index (χ1) is 29.0. The molecule has 7 atom stereocenters. The predicted octanol–water partition coefficient (Wildman–Crippen LogP) is 5.17.